The van der Waals surface area contributed by atoms with Gasteiger partial charge in [-0.25, -0.2) is 14.4 Å². The Bertz CT molecular complexity index is 641. The van der Waals surface area contributed by atoms with Crippen molar-refractivity contribution in [3.8, 4) is 11.4 Å². The summed E-state index contributed by atoms with van der Waals surface area (Å²) in [4.78, 5) is 7.73. The lowest BCUT2D eigenvalue weighted by Gasteiger charge is -2.12. The summed E-state index contributed by atoms with van der Waals surface area (Å²) >= 11 is 5.76. The molecule has 1 heterocycles. The van der Waals surface area contributed by atoms with Crippen LogP contribution in [0.1, 0.15) is 18.2 Å². The van der Waals surface area contributed by atoms with Gasteiger partial charge in [0.2, 0.25) is 0 Å². The fourth-order valence-electron chi connectivity index (χ4n) is 1.71. The number of hydrogen-bond acceptors (Lipinski definition) is 2. The molecular weight excluding hydrogens is 296 g/mol. The number of alkyl halides is 3. The van der Waals surface area contributed by atoms with Crippen molar-refractivity contribution in [1.29, 1.82) is 0 Å². The SMILES string of the molecule is CCc1cc(Cl)nc(-c2cc(F)ccc2C(F)(F)F)n1. The van der Waals surface area contributed by atoms with Gasteiger partial charge in [0.05, 0.1) is 5.56 Å². The molecule has 2 rings (SSSR count). The van der Waals surface area contributed by atoms with Gasteiger partial charge >= 0.3 is 6.18 Å². The number of hydrogen-bond donors (Lipinski definition) is 0. The maximum absolute atomic E-state index is 13.2. The van der Waals surface area contributed by atoms with E-state index in [-0.39, 0.29) is 11.0 Å². The van der Waals surface area contributed by atoms with Crippen LogP contribution in [0.25, 0.3) is 11.4 Å². The molecule has 0 aliphatic rings. The van der Waals surface area contributed by atoms with Crippen molar-refractivity contribution in [2.24, 2.45) is 0 Å². The van der Waals surface area contributed by atoms with Crippen molar-refractivity contribution < 1.29 is 17.6 Å². The maximum atomic E-state index is 13.2. The molecular formula is C13H9ClF4N2. The van der Waals surface area contributed by atoms with Crippen LogP contribution in [-0.4, -0.2) is 9.97 Å². The number of benzene rings is 1. The van der Waals surface area contributed by atoms with Gasteiger partial charge in [-0.15, -0.1) is 0 Å². The second-order valence-electron chi connectivity index (χ2n) is 4.05. The Morgan fingerprint density at radius 1 is 1.15 bits per heavy atom. The average molecular weight is 305 g/mol. The van der Waals surface area contributed by atoms with Crippen LogP contribution in [-0.2, 0) is 12.6 Å². The lowest BCUT2D eigenvalue weighted by molar-refractivity contribution is -0.137. The van der Waals surface area contributed by atoms with Crippen LogP contribution in [0, 0.1) is 5.82 Å². The number of halogens is 5. The van der Waals surface area contributed by atoms with Gasteiger partial charge in [-0.05, 0) is 30.7 Å². The predicted octanol–water partition coefficient (Wildman–Crippen LogP) is 4.52. The molecule has 2 nitrogen and oxygen atoms in total. The van der Waals surface area contributed by atoms with Crippen LogP contribution in [0.15, 0.2) is 24.3 Å². The minimum absolute atomic E-state index is 0.0178. The van der Waals surface area contributed by atoms with Crippen molar-refractivity contribution in [2.45, 2.75) is 19.5 Å². The third-order valence-corrected chi connectivity index (χ3v) is 2.83. The van der Waals surface area contributed by atoms with Gasteiger partial charge in [0, 0.05) is 11.3 Å². The Labute approximate surface area is 117 Å². The van der Waals surface area contributed by atoms with E-state index in [1.54, 1.807) is 6.92 Å². The quantitative estimate of drug-likeness (QED) is 0.602. The summed E-state index contributed by atoms with van der Waals surface area (Å²) in [7, 11) is 0. The minimum atomic E-state index is -4.62. The third-order valence-electron chi connectivity index (χ3n) is 2.64. The summed E-state index contributed by atoms with van der Waals surface area (Å²) in [5.41, 5.74) is -0.935. The highest BCUT2D eigenvalue weighted by atomic mass is 35.5. The Kier molecular flexibility index (Phi) is 3.94. The molecule has 0 spiro atoms. The molecule has 0 amide bonds. The highest BCUT2D eigenvalue weighted by Gasteiger charge is 2.34. The Morgan fingerprint density at radius 2 is 1.85 bits per heavy atom. The molecule has 0 fully saturated rings. The van der Waals surface area contributed by atoms with E-state index in [1.165, 1.54) is 6.07 Å². The highest BCUT2D eigenvalue weighted by Crippen LogP contribution is 2.36. The molecule has 0 saturated heterocycles. The smallest absolute Gasteiger partial charge is 0.233 e. The lowest BCUT2D eigenvalue weighted by atomic mass is 10.1. The largest absolute Gasteiger partial charge is 0.417 e. The van der Waals surface area contributed by atoms with E-state index < -0.39 is 23.1 Å². The zero-order valence-electron chi connectivity index (χ0n) is 10.3. The zero-order chi connectivity index (χ0) is 14.9. The van der Waals surface area contributed by atoms with Gasteiger partial charge in [-0.1, -0.05) is 18.5 Å². The molecule has 1 aromatic heterocycles. The van der Waals surface area contributed by atoms with Crippen molar-refractivity contribution in [3.63, 3.8) is 0 Å². The van der Waals surface area contributed by atoms with Crippen molar-refractivity contribution in [2.75, 3.05) is 0 Å². The summed E-state index contributed by atoms with van der Waals surface area (Å²) in [6.07, 6.45) is -4.15. The summed E-state index contributed by atoms with van der Waals surface area (Å²) in [6.45, 7) is 1.78. The third kappa shape index (κ3) is 3.07. The normalized spacial score (nSPS) is 11.7. The number of aromatic nitrogens is 2. The van der Waals surface area contributed by atoms with Crippen LogP contribution >= 0.6 is 11.6 Å². The Balaban J connectivity index is 2.68. The number of nitrogens with zero attached hydrogens (tertiary/aromatic N) is 2. The van der Waals surface area contributed by atoms with Gasteiger partial charge in [0.15, 0.2) is 5.82 Å². The molecule has 7 heteroatoms. The van der Waals surface area contributed by atoms with Gasteiger partial charge in [-0.3, -0.25) is 0 Å². The molecule has 1 aromatic carbocycles. The summed E-state index contributed by atoms with van der Waals surface area (Å²) in [5.74, 6) is -1.03. The standard InChI is InChI=1S/C13H9ClF4N2/c1-2-8-6-11(14)20-12(19-8)9-5-7(15)3-4-10(9)13(16,17)18/h3-6H,2H2,1H3. The molecule has 0 aliphatic heterocycles. The summed E-state index contributed by atoms with van der Waals surface area (Å²) in [6, 6.07) is 3.63. The number of aryl methyl sites for hydroxylation is 1. The summed E-state index contributed by atoms with van der Waals surface area (Å²) in [5, 5.41) is 0.0178. The van der Waals surface area contributed by atoms with Gasteiger partial charge in [-0.2, -0.15) is 13.2 Å². The first-order chi connectivity index (χ1) is 9.31. The van der Waals surface area contributed by atoms with Crippen LogP contribution in [0.5, 0.6) is 0 Å². The molecule has 0 N–H and O–H groups in total. The first-order valence-corrected chi connectivity index (χ1v) is 6.09. The van der Waals surface area contributed by atoms with E-state index >= 15 is 0 Å². The predicted molar refractivity (Wildman–Crippen MR) is 66.8 cm³/mol. The van der Waals surface area contributed by atoms with Gasteiger partial charge in [0.1, 0.15) is 11.0 Å². The molecule has 106 valence electrons. The fraction of sp³-hybridized carbons (Fsp3) is 0.231. The summed E-state index contributed by atoms with van der Waals surface area (Å²) < 4.78 is 52.1. The first-order valence-electron chi connectivity index (χ1n) is 5.72. The Morgan fingerprint density at radius 3 is 2.45 bits per heavy atom. The van der Waals surface area contributed by atoms with Crippen LogP contribution < -0.4 is 0 Å². The molecule has 0 radical (unpaired) electrons. The molecule has 2 aromatic rings. The second-order valence-corrected chi connectivity index (χ2v) is 4.43. The molecule has 0 bridgehead atoms. The van der Waals surface area contributed by atoms with Crippen molar-refractivity contribution in [1.82, 2.24) is 9.97 Å². The van der Waals surface area contributed by atoms with Crippen molar-refractivity contribution >= 4 is 11.6 Å². The average Bonchev–Trinajstić information content (AvgIpc) is 2.36. The lowest BCUT2D eigenvalue weighted by Crippen LogP contribution is -2.09. The van der Waals surface area contributed by atoms with Gasteiger partial charge < -0.3 is 0 Å². The van der Waals surface area contributed by atoms with Crippen molar-refractivity contribution in [3.05, 3.63) is 46.5 Å². The molecule has 0 saturated carbocycles. The van der Waals surface area contributed by atoms with Crippen LogP contribution in [0.4, 0.5) is 17.6 Å². The maximum Gasteiger partial charge on any atom is 0.417 e. The first kappa shape index (κ1) is 14.7. The van der Waals surface area contributed by atoms with E-state index in [2.05, 4.69) is 9.97 Å². The van der Waals surface area contributed by atoms with Crippen LogP contribution in [0.3, 0.4) is 0 Å². The highest BCUT2D eigenvalue weighted by molar-refractivity contribution is 6.29. The second kappa shape index (κ2) is 5.36. The van der Waals surface area contributed by atoms with E-state index in [1.807, 2.05) is 0 Å². The fourth-order valence-corrected chi connectivity index (χ4v) is 1.92. The molecule has 0 aliphatic carbocycles. The van der Waals surface area contributed by atoms with E-state index in [4.69, 9.17) is 11.6 Å². The zero-order valence-corrected chi connectivity index (χ0v) is 11.1. The molecule has 0 unspecified atom stereocenters. The number of rotatable bonds is 2. The minimum Gasteiger partial charge on any atom is -0.233 e. The van der Waals surface area contributed by atoms with Crippen LogP contribution in [0.2, 0.25) is 5.15 Å². The van der Waals surface area contributed by atoms with E-state index in [0.717, 1.165) is 12.1 Å². The topological polar surface area (TPSA) is 25.8 Å². The molecule has 20 heavy (non-hydrogen) atoms. The molecule has 0 atom stereocenters. The monoisotopic (exact) mass is 304 g/mol. The van der Waals surface area contributed by atoms with E-state index in [9.17, 15) is 17.6 Å². The van der Waals surface area contributed by atoms with Gasteiger partial charge in [0.25, 0.3) is 0 Å². The van der Waals surface area contributed by atoms with E-state index in [0.29, 0.717) is 18.2 Å². The Hall–Kier alpha value is -1.69.